The maximum Gasteiger partial charge on any atom is 0.104 e. The van der Waals surface area contributed by atoms with E-state index in [2.05, 4.69) is 208 Å². The van der Waals surface area contributed by atoms with E-state index in [0.29, 0.717) is 5.56 Å². The highest BCUT2D eigenvalue weighted by atomic mass is 15.1. The maximum atomic E-state index is 12.8. The minimum absolute atomic E-state index is 0.547. The predicted molar refractivity (Wildman–Crippen MR) is 317 cm³/mol. The molecule has 12 aromatic carbocycles. The Morgan fingerprint density at radius 2 is 0.662 bits per heavy atom. The van der Waals surface area contributed by atoms with E-state index in [-0.39, 0.29) is 0 Å². The Morgan fingerprint density at radius 3 is 1.09 bits per heavy atom. The lowest BCUT2D eigenvalue weighted by Crippen LogP contribution is -2.13. The largest absolute Gasteiger partial charge is 0.308 e. The molecular weight excluding hydrogens is 939 g/mol. The van der Waals surface area contributed by atoms with Gasteiger partial charge in [-0.1, -0.05) is 146 Å². The van der Waals surface area contributed by atoms with Gasteiger partial charge < -0.3 is 13.7 Å². The molecule has 0 fully saturated rings. The van der Waals surface area contributed by atoms with Crippen LogP contribution >= 0.6 is 0 Å². The first-order chi connectivity index (χ1) is 38.3. The molecule has 6 heterocycles. The quantitative estimate of drug-likeness (QED) is 0.161. The molecular formula is C70H37N7. The van der Waals surface area contributed by atoms with Crippen molar-refractivity contribution in [1.82, 2.24) is 28.7 Å². The summed E-state index contributed by atoms with van der Waals surface area (Å²) in [7, 11) is 0. The summed E-state index contributed by atoms with van der Waals surface area (Å²) in [4.78, 5) is 14.8. The molecule has 18 aromatic rings. The number of aromatic nitrogens is 6. The minimum Gasteiger partial charge on any atom is -0.308 e. The van der Waals surface area contributed by atoms with E-state index < -0.39 is 0 Å². The van der Waals surface area contributed by atoms with Gasteiger partial charge in [0.1, 0.15) is 11.6 Å². The fraction of sp³-hybridized carbons (Fsp3) is 0. The minimum atomic E-state index is 0.547. The van der Waals surface area contributed by atoms with Crippen molar-refractivity contribution in [1.29, 1.82) is 5.26 Å². The molecule has 7 nitrogen and oxygen atoms in total. The SMILES string of the molecule is N#Cc1c(-n2c3cccc4c5cccnc5c5cccc2c5c43)c(-c2ccccc2)c(-n2c3cccc4c5ccncc5c5cccc2c5c43)c(-c2ccccc2)c1-n1c2cccc3c4cccnc4c4cccc1c4c32. The third-order valence-corrected chi connectivity index (χ3v) is 16.9. The van der Waals surface area contributed by atoms with E-state index in [1.54, 1.807) is 0 Å². The first kappa shape index (κ1) is 40.8. The van der Waals surface area contributed by atoms with Crippen LogP contribution in [0.2, 0.25) is 0 Å². The lowest BCUT2D eigenvalue weighted by atomic mass is 9.88. The predicted octanol–water partition coefficient (Wildman–Crippen LogP) is 17.6. The van der Waals surface area contributed by atoms with Crippen LogP contribution in [-0.4, -0.2) is 28.7 Å². The van der Waals surface area contributed by atoms with E-state index in [1.807, 2.05) is 36.9 Å². The lowest BCUT2D eigenvalue weighted by Gasteiger charge is -2.28. The molecule has 0 saturated carbocycles. The van der Waals surface area contributed by atoms with Crippen molar-refractivity contribution in [3.63, 3.8) is 0 Å². The molecule has 0 aliphatic rings. The smallest absolute Gasteiger partial charge is 0.104 e. The lowest BCUT2D eigenvalue weighted by molar-refractivity contribution is 1.09. The van der Waals surface area contributed by atoms with Crippen LogP contribution in [0.3, 0.4) is 0 Å². The molecule has 0 amide bonds. The Kier molecular flexibility index (Phi) is 7.81. The highest BCUT2D eigenvalue weighted by Crippen LogP contribution is 2.55. The molecule has 7 heteroatoms. The molecule has 6 aromatic heterocycles. The molecule has 77 heavy (non-hydrogen) atoms. The highest BCUT2D eigenvalue weighted by Gasteiger charge is 2.35. The molecule has 0 aliphatic carbocycles. The molecule has 0 radical (unpaired) electrons. The molecule has 0 N–H and O–H groups in total. The Hall–Kier alpha value is -10.7. The van der Waals surface area contributed by atoms with Crippen molar-refractivity contribution in [2.24, 2.45) is 0 Å². The zero-order valence-electron chi connectivity index (χ0n) is 41.0. The summed E-state index contributed by atoms with van der Waals surface area (Å²) in [6.45, 7) is 0. The maximum absolute atomic E-state index is 12.8. The second kappa shape index (κ2) is 14.8. The van der Waals surface area contributed by atoms with Gasteiger partial charge in [0, 0.05) is 95.2 Å². The monoisotopic (exact) mass is 975 g/mol. The summed E-state index contributed by atoms with van der Waals surface area (Å²) in [6.07, 6.45) is 7.71. The summed E-state index contributed by atoms with van der Waals surface area (Å²) >= 11 is 0. The van der Waals surface area contributed by atoms with Gasteiger partial charge in [0.25, 0.3) is 0 Å². The van der Waals surface area contributed by atoms with E-state index in [1.165, 1.54) is 16.2 Å². The van der Waals surface area contributed by atoms with Gasteiger partial charge >= 0.3 is 0 Å². The van der Waals surface area contributed by atoms with Crippen LogP contribution in [0.15, 0.2) is 225 Å². The number of nitrogens with zero attached hydrogens (tertiary/aromatic N) is 7. The van der Waals surface area contributed by atoms with Crippen molar-refractivity contribution < 1.29 is 0 Å². The molecule has 0 saturated heterocycles. The number of rotatable bonds is 5. The van der Waals surface area contributed by atoms with Crippen LogP contribution in [-0.2, 0) is 0 Å². The van der Waals surface area contributed by atoms with Gasteiger partial charge in [-0.3, -0.25) is 15.0 Å². The van der Waals surface area contributed by atoms with Crippen LogP contribution in [0, 0.1) is 11.3 Å². The second-order valence-corrected chi connectivity index (χ2v) is 20.4. The average molecular weight is 976 g/mol. The van der Waals surface area contributed by atoms with E-state index in [9.17, 15) is 5.26 Å². The first-order valence-electron chi connectivity index (χ1n) is 26.1. The molecule has 0 aliphatic heterocycles. The topological polar surface area (TPSA) is 77.2 Å². The number of pyridine rings is 3. The number of hydrogen-bond acceptors (Lipinski definition) is 4. The normalized spacial score (nSPS) is 12.4. The standard InChI is InChI=1S/C70H37N7/c71-37-50-68(75-52-27-8-20-43-46-25-13-34-73-66(46)48-23-11-31-56(75)64(48)61(43)52)58(39-15-3-1-4-16-39)70(77-54-29-7-19-42-41-33-36-72-38-51(41)45-22-10-30-55(77)63(45)60(42)54)59(40-17-5-2-6-18-40)69(50)76-53-28-9-21-44-47-26-14-35-74-67(47)49-24-12-32-57(76)65(49)62(44)53/h1-36,38H. The number of fused-ring (bicyclic) bond motifs is 9. The Morgan fingerprint density at radius 1 is 0.299 bits per heavy atom. The highest BCUT2D eigenvalue weighted by molar-refractivity contribution is 6.37. The molecule has 0 bridgehead atoms. The number of nitriles is 1. The fourth-order valence-corrected chi connectivity index (χ4v) is 14.1. The molecule has 0 unspecified atom stereocenters. The third kappa shape index (κ3) is 5.02. The van der Waals surface area contributed by atoms with Gasteiger partial charge in [-0.15, -0.1) is 0 Å². The van der Waals surface area contributed by atoms with Crippen molar-refractivity contribution in [2.75, 3.05) is 0 Å². The summed E-state index contributed by atoms with van der Waals surface area (Å²) in [6, 6.07) is 75.1. The molecule has 0 spiro atoms. The Balaban J connectivity index is 1.17. The van der Waals surface area contributed by atoms with E-state index in [4.69, 9.17) is 15.0 Å². The van der Waals surface area contributed by atoms with Crippen LogP contribution < -0.4 is 0 Å². The van der Waals surface area contributed by atoms with Crippen LogP contribution in [0.5, 0.6) is 0 Å². The Labute approximate surface area is 438 Å². The van der Waals surface area contributed by atoms with E-state index in [0.717, 1.165) is 153 Å². The third-order valence-electron chi connectivity index (χ3n) is 16.9. The zero-order valence-corrected chi connectivity index (χ0v) is 41.0. The van der Waals surface area contributed by atoms with Crippen LogP contribution in [0.4, 0.5) is 0 Å². The van der Waals surface area contributed by atoms with Gasteiger partial charge in [0.15, 0.2) is 0 Å². The van der Waals surface area contributed by atoms with Gasteiger partial charge in [-0.05, 0) is 92.7 Å². The summed E-state index contributed by atoms with van der Waals surface area (Å²) in [5.74, 6) is 0. The van der Waals surface area contributed by atoms with Crippen molar-refractivity contribution in [3.8, 4) is 45.4 Å². The average Bonchev–Trinajstić information content (AvgIpc) is 4.32. The van der Waals surface area contributed by atoms with Crippen molar-refractivity contribution in [3.05, 3.63) is 231 Å². The molecule has 0 atom stereocenters. The van der Waals surface area contributed by atoms with Gasteiger partial charge in [-0.25, -0.2) is 0 Å². The van der Waals surface area contributed by atoms with Gasteiger partial charge in [-0.2, -0.15) is 5.26 Å². The Bertz CT molecular complexity index is 5070. The summed E-state index contributed by atoms with van der Waals surface area (Å²) in [5, 5.41) is 30.8. The summed E-state index contributed by atoms with van der Waals surface area (Å²) < 4.78 is 7.36. The van der Waals surface area contributed by atoms with Gasteiger partial charge in [0.05, 0.1) is 61.2 Å². The molecule has 18 rings (SSSR count). The van der Waals surface area contributed by atoms with Crippen molar-refractivity contribution >= 4 is 130 Å². The molecule has 352 valence electrons. The fourth-order valence-electron chi connectivity index (χ4n) is 14.1. The zero-order chi connectivity index (χ0) is 50.2. The second-order valence-electron chi connectivity index (χ2n) is 20.4. The van der Waals surface area contributed by atoms with Crippen LogP contribution in [0.1, 0.15) is 5.56 Å². The van der Waals surface area contributed by atoms with Crippen LogP contribution in [0.25, 0.3) is 170 Å². The van der Waals surface area contributed by atoms with Gasteiger partial charge in [0.2, 0.25) is 0 Å². The first-order valence-corrected chi connectivity index (χ1v) is 26.1. The van der Waals surface area contributed by atoms with E-state index >= 15 is 0 Å². The summed E-state index contributed by atoms with van der Waals surface area (Å²) in [5.41, 5.74) is 15.0. The number of hydrogen-bond donors (Lipinski definition) is 0. The van der Waals surface area contributed by atoms with Crippen molar-refractivity contribution in [2.45, 2.75) is 0 Å². The number of benzene rings is 12.